The number of halogens is 1. The number of aryl methyl sites for hydroxylation is 2. The van der Waals surface area contributed by atoms with Crippen LogP contribution in [0, 0.1) is 6.92 Å². The van der Waals surface area contributed by atoms with Crippen molar-refractivity contribution in [2.24, 2.45) is 0 Å². The number of benzene rings is 1. The Bertz CT molecular complexity index is 503. The van der Waals surface area contributed by atoms with Crippen molar-refractivity contribution in [3.05, 3.63) is 52.8 Å². The molecule has 90 valence electrons. The fourth-order valence-electron chi connectivity index (χ4n) is 1.88. The van der Waals surface area contributed by atoms with Crippen LogP contribution >= 0.6 is 11.6 Å². The molecule has 1 aromatic heterocycles. The lowest BCUT2D eigenvalue weighted by molar-refractivity contribution is 0.724. The van der Waals surface area contributed by atoms with Gasteiger partial charge in [-0.25, -0.2) is 0 Å². The molecule has 0 saturated carbocycles. The third-order valence-corrected chi connectivity index (χ3v) is 3.18. The fraction of sp³-hybridized carbons (Fsp3) is 0.286. The van der Waals surface area contributed by atoms with Gasteiger partial charge >= 0.3 is 0 Å². The van der Waals surface area contributed by atoms with Crippen LogP contribution in [0.3, 0.4) is 0 Å². The molecule has 0 amide bonds. The van der Waals surface area contributed by atoms with Gasteiger partial charge in [-0.1, -0.05) is 17.7 Å². The molecule has 2 nitrogen and oxygen atoms in total. The zero-order valence-electron chi connectivity index (χ0n) is 10.2. The van der Waals surface area contributed by atoms with Crippen LogP contribution in [0.2, 0.25) is 5.02 Å². The van der Waals surface area contributed by atoms with Gasteiger partial charge in [-0.05, 0) is 43.7 Å². The van der Waals surface area contributed by atoms with Crippen molar-refractivity contribution in [1.82, 2.24) is 4.57 Å². The highest BCUT2D eigenvalue weighted by Crippen LogP contribution is 2.23. The Labute approximate surface area is 107 Å². The first-order chi connectivity index (χ1) is 8.20. The highest BCUT2D eigenvalue weighted by Gasteiger charge is 2.02. The summed E-state index contributed by atoms with van der Waals surface area (Å²) in [6.45, 7) is 6.00. The van der Waals surface area contributed by atoms with E-state index in [1.54, 1.807) is 0 Å². The van der Waals surface area contributed by atoms with Crippen molar-refractivity contribution in [3.8, 4) is 0 Å². The first-order valence-corrected chi connectivity index (χ1v) is 6.22. The summed E-state index contributed by atoms with van der Waals surface area (Å²) in [5.74, 6) is 0. The number of nitrogens with one attached hydrogen (secondary N) is 1. The van der Waals surface area contributed by atoms with Crippen LogP contribution in [0.15, 0.2) is 36.5 Å². The molecule has 0 aliphatic heterocycles. The summed E-state index contributed by atoms with van der Waals surface area (Å²) in [5, 5.41) is 4.15. The monoisotopic (exact) mass is 248 g/mol. The van der Waals surface area contributed by atoms with Crippen LogP contribution in [0.4, 0.5) is 5.69 Å². The molecule has 0 bridgehead atoms. The van der Waals surface area contributed by atoms with E-state index in [-0.39, 0.29) is 0 Å². The molecule has 0 radical (unpaired) electrons. The van der Waals surface area contributed by atoms with Crippen molar-refractivity contribution < 1.29 is 0 Å². The van der Waals surface area contributed by atoms with Crippen molar-refractivity contribution in [2.75, 3.05) is 5.32 Å². The Hall–Kier alpha value is -1.41. The first-order valence-electron chi connectivity index (χ1n) is 5.84. The third kappa shape index (κ3) is 2.83. The Morgan fingerprint density at radius 2 is 2.12 bits per heavy atom. The standard InChI is InChI=1S/C14H17ClN2/c1-3-17-8-4-5-12(17)10-16-14-9-11(2)6-7-13(14)15/h4-9,16H,3,10H2,1-2H3. The molecule has 2 rings (SSSR count). The Balaban J connectivity index is 2.09. The van der Waals surface area contributed by atoms with Crippen molar-refractivity contribution in [3.63, 3.8) is 0 Å². The third-order valence-electron chi connectivity index (χ3n) is 2.85. The molecular formula is C14H17ClN2. The van der Waals surface area contributed by atoms with Gasteiger partial charge in [0.05, 0.1) is 17.3 Å². The maximum absolute atomic E-state index is 6.14. The first kappa shape index (κ1) is 12.1. The van der Waals surface area contributed by atoms with E-state index in [4.69, 9.17) is 11.6 Å². The molecule has 17 heavy (non-hydrogen) atoms. The smallest absolute Gasteiger partial charge is 0.0637 e. The molecule has 1 N–H and O–H groups in total. The number of rotatable bonds is 4. The fourth-order valence-corrected chi connectivity index (χ4v) is 2.06. The van der Waals surface area contributed by atoms with Gasteiger partial charge in [0.1, 0.15) is 0 Å². The van der Waals surface area contributed by atoms with Crippen LogP contribution in [0.1, 0.15) is 18.2 Å². The predicted molar refractivity (Wildman–Crippen MR) is 73.6 cm³/mol. The predicted octanol–water partition coefficient (Wildman–Crippen LogP) is 4.08. The summed E-state index contributed by atoms with van der Waals surface area (Å²) in [4.78, 5) is 0. The van der Waals surface area contributed by atoms with Gasteiger partial charge in [0.2, 0.25) is 0 Å². The van der Waals surface area contributed by atoms with Crippen LogP contribution in [0.5, 0.6) is 0 Å². The molecule has 1 heterocycles. The lowest BCUT2D eigenvalue weighted by Crippen LogP contribution is -2.06. The van der Waals surface area contributed by atoms with Crippen LogP contribution in [-0.2, 0) is 13.1 Å². The second-order valence-corrected chi connectivity index (χ2v) is 4.53. The summed E-state index contributed by atoms with van der Waals surface area (Å²) < 4.78 is 2.22. The molecule has 0 fully saturated rings. The van der Waals surface area contributed by atoms with E-state index in [0.29, 0.717) is 0 Å². The van der Waals surface area contributed by atoms with Gasteiger partial charge in [-0.3, -0.25) is 0 Å². The van der Waals surface area contributed by atoms with E-state index in [0.717, 1.165) is 23.8 Å². The highest BCUT2D eigenvalue weighted by atomic mass is 35.5. The van der Waals surface area contributed by atoms with Gasteiger partial charge in [0.15, 0.2) is 0 Å². The lowest BCUT2D eigenvalue weighted by atomic mass is 10.2. The van der Waals surface area contributed by atoms with Gasteiger partial charge in [-0.15, -0.1) is 0 Å². The summed E-state index contributed by atoms with van der Waals surface area (Å²) in [7, 11) is 0. The molecule has 3 heteroatoms. The number of hydrogen-bond donors (Lipinski definition) is 1. The van der Waals surface area contributed by atoms with E-state index in [2.05, 4.69) is 48.1 Å². The van der Waals surface area contributed by atoms with Crippen LogP contribution < -0.4 is 5.32 Å². The molecule has 2 aromatic rings. The molecular weight excluding hydrogens is 232 g/mol. The summed E-state index contributed by atoms with van der Waals surface area (Å²) in [5.41, 5.74) is 3.48. The van der Waals surface area contributed by atoms with Gasteiger partial charge in [-0.2, -0.15) is 0 Å². The molecule has 1 aromatic carbocycles. The minimum Gasteiger partial charge on any atom is -0.378 e. The van der Waals surface area contributed by atoms with Gasteiger partial charge in [0.25, 0.3) is 0 Å². The second-order valence-electron chi connectivity index (χ2n) is 4.12. The number of hydrogen-bond acceptors (Lipinski definition) is 1. The summed E-state index contributed by atoms with van der Waals surface area (Å²) >= 11 is 6.14. The molecule has 0 aliphatic rings. The quantitative estimate of drug-likeness (QED) is 0.863. The van der Waals surface area contributed by atoms with E-state index in [1.165, 1.54) is 11.3 Å². The van der Waals surface area contributed by atoms with Gasteiger partial charge in [0, 0.05) is 18.4 Å². The van der Waals surface area contributed by atoms with E-state index >= 15 is 0 Å². The maximum Gasteiger partial charge on any atom is 0.0637 e. The van der Waals surface area contributed by atoms with E-state index in [9.17, 15) is 0 Å². The van der Waals surface area contributed by atoms with E-state index < -0.39 is 0 Å². The number of anilines is 1. The van der Waals surface area contributed by atoms with Crippen LogP contribution in [0.25, 0.3) is 0 Å². The molecule has 0 unspecified atom stereocenters. The average molecular weight is 249 g/mol. The van der Waals surface area contributed by atoms with Crippen LogP contribution in [-0.4, -0.2) is 4.57 Å². The molecule has 0 aliphatic carbocycles. The Kier molecular flexibility index (Phi) is 3.75. The summed E-state index contributed by atoms with van der Waals surface area (Å²) in [6.07, 6.45) is 2.09. The maximum atomic E-state index is 6.14. The molecule has 0 atom stereocenters. The molecule has 0 saturated heterocycles. The normalized spacial score (nSPS) is 10.5. The molecule has 0 spiro atoms. The Morgan fingerprint density at radius 3 is 2.88 bits per heavy atom. The van der Waals surface area contributed by atoms with Crippen molar-refractivity contribution in [1.29, 1.82) is 0 Å². The van der Waals surface area contributed by atoms with Gasteiger partial charge < -0.3 is 9.88 Å². The largest absolute Gasteiger partial charge is 0.378 e. The lowest BCUT2D eigenvalue weighted by Gasteiger charge is -2.11. The average Bonchev–Trinajstić information content (AvgIpc) is 2.77. The van der Waals surface area contributed by atoms with Crippen molar-refractivity contribution in [2.45, 2.75) is 26.9 Å². The summed E-state index contributed by atoms with van der Waals surface area (Å²) in [6, 6.07) is 10.2. The zero-order valence-corrected chi connectivity index (χ0v) is 11.0. The van der Waals surface area contributed by atoms with E-state index in [1.807, 2.05) is 12.1 Å². The Morgan fingerprint density at radius 1 is 1.29 bits per heavy atom. The van der Waals surface area contributed by atoms with Crippen molar-refractivity contribution >= 4 is 17.3 Å². The number of aromatic nitrogens is 1. The zero-order chi connectivity index (χ0) is 12.3. The number of nitrogens with zero attached hydrogens (tertiary/aromatic N) is 1. The topological polar surface area (TPSA) is 17.0 Å². The second kappa shape index (κ2) is 5.28. The minimum atomic E-state index is 0.769. The minimum absolute atomic E-state index is 0.769. The SMILES string of the molecule is CCn1cccc1CNc1cc(C)ccc1Cl. The highest BCUT2D eigenvalue weighted by molar-refractivity contribution is 6.33.